The summed E-state index contributed by atoms with van der Waals surface area (Å²) in [6.45, 7) is 1.83. The lowest BCUT2D eigenvalue weighted by Gasteiger charge is -2.22. The van der Waals surface area contributed by atoms with Gasteiger partial charge in [-0.3, -0.25) is 9.69 Å². The van der Waals surface area contributed by atoms with Crippen LogP contribution in [0.3, 0.4) is 0 Å². The van der Waals surface area contributed by atoms with Gasteiger partial charge in [-0.1, -0.05) is 41.4 Å². The number of carbonyl (C=O) groups is 1. The van der Waals surface area contributed by atoms with Crippen LogP contribution in [0.4, 0.5) is 0 Å². The number of halogens is 2. The molecule has 1 amide bonds. The Kier molecular flexibility index (Phi) is 6.94. The quantitative estimate of drug-likeness (QED) is 0.318. The van der Waals surface area contributed by atoms with Crippen LogP contribution in [-0.2, 0) is 26.2 Å². The SMILES string of the molecule is O=C(NCc1ccco1)c1coc(CN(Cc2ccc3c(c2)OCO3)Cc2cccc(Cl)c2Cl)n1. The molecule has 5 rings (SSSR count). The Morgan fingerprint density at radius 1 is 1.00 bits per heavy atom. The topological polar surface area (TPSA) is 90.0 Å². The Hall–Kier alpha value is -3.46. The molecule has 0 saturated carbocycles. The van der Waals surface area contributed by atoms with Crippen LogP contribution in [0, 0.1) is 0 Å². The number of hydrogen-bond acceptors (Lipinski definition) is 7. The number of oxazole rings is 1. The molecule has 0 unspecified atom stereocenters. The van der Waals surface area contributed by atoms with Crippen molar-refractivity contribution in [1.29, 1.82) is 0 Å². The lowest BCUT2D eigenvalue weighted by molar-refractivity contribution is 0.0943. The molecule has 180 valence electrons. The van der Waals surface area contributed by atoms with Crippen LogP contribution in [-0.4, -0.2) is 22.6 Å². The van der Waals surface area contributed by atoms with Gasteiger partial charge in [0.05, 0.1) is 29.4 Å². The zero-order valence-corrected chi connectivity index (χ0v) is 20.0. The third-order valence-corrected chi connectivity index (χ3v) is 6.27. The minimum Gasteiger partial charge on any atom is -0.467 e. The van der Waals surface area contributed by atoms with E-state index in [1.165, 1.54) is 6.26 Å². The fourth-order valence-electron chi connectivity index (χ4n) is 3.73. The van der Waals surface area contributed by atoms with Gasteiger partial charge in [0.15, 0.2) is 17.2 Å². The normalized spacial score (nSPS) is 12.3. The van der Waals surface area contributed by atoms with Crippen molar-refractivity contribution >= 4 is 29.1 Å². The maximum Gasteiger partial charge on any atom is 0.273 e. The smallest absolute Gasteiger partial charge is 0.273 e. The number of hydrogen-bond donors (Lipinski definition) is 1. The lowest BCUT2D eigenvalue weighted by Crippen LogP contribution is -2.24. The van der Waals surface area contributed by atoms with Crippen LogP contribution in [0.5, 0.6) is 11.5 Å². The molecule has 3 heterocycles. The molecular weight excluding hydrogens is 493 g/mol. The van der Waals surface area contributed by atoms with Gasteiger partial charge < -0.3 is 23.6 Å². The Morgan fingerprint density at radius 2 is 1.89 bits per heavy atom. The molecular formula is C25H21Cl2N3O5. The predicted octanol–water partition coefficient (Wildman–Crippen LogP) is 5.44. The highest BCUT2D eigenvalue weighted by Crippen LogP contribution is 2.33. The summed E-state index contributed by atoms with van der Waals surface area (Å²) < 4.78 is 21.8. The van der Waals surface area contributed by atoms with Crippen molar-refractivity contribution in [3.8, 4) is 11.5 Å². The Labute approximate surface area is 211 Å². The van der Waals surface area contributed by atoms with E-state index in [0.717, 1.165) is 16.9 Å². The first-order chi connectivity index (χ1) is 17.0. The second kappa shape index (κ2) is 10.4. The van der Waals surface area contributed by atoms with Crippen LogP contribution < -0.4 is 14.8 Å². The summed E-state index contributed by atoms with van der Waals surface area (Å²) >= 11 is 12.7. The summed E-state index contributed by atoms with van der Waals surface area (Å²) in [7, 11) is 0. The van der Waals surface area contributed by atoms with Gasteiger partial charge in [-0.2, -0.15) is 0 Å². The van der Waals surface area contributed by atoms with Gasteiger partial charge in [0.2, 0.25) is 12.7 Å². The number of amides is 1. The maximum absolute atomic E-state index is 12.5. The van der Waals surface area contributed by atoms with Crippen LogP contribution >= 0.6 is 23.2 Å². The van der Waals surface area contributed by atoms with Gasteiger partial charge >= 0.3 is 0 Å². The zero-order valence-electron chi connectivity index (χ0n) is 18.5. The molecule has 1 aliphatic rings. The number of nitrogens with zero attached hydrogens (tertiary/aromatic N) is 2. The number of rotatable bonds is 9. The predicted molar refractivity (Wildman–Crippen MR) is 128 cm³/mol. The molecule has 0 spiro atoms. The molecule has 2 aromatic heterocycles. The third-order valence-electron chi connectivity index (χ3n) is 5.42. The van der Waals surface area contributed by atoms with Crippen LogP contribution in [0.15, 0.2) is 69.9 Å². The first-order valence-electron chi connectivity index (χ1n) is 10.8. The van der Waals surface area contributed by atoms with Crippen molar-refractivity contribution in [1.82, 2.24) is 15.2 Å². The summed E-state index contributed by atoms with van der Waals surface area (Å²) in [5, 5.41) is 3.74. The van der Waals surface area contributed by atoms with E-state index >= 15 is 0 Å². The molecule has 0 saturated heterocycles. The van der Waals surface area contributed by atoms with Crippen molar-refractivity contribution < 1.29 is 23.1 Å². The average Bonchev–Trinajstić information content (AvgIpc) is 3.62. The van der Waals surface area contributed by atoms with Gasteiger partial charge in [0.1, 0.15) is 12.0 Å². The van der Waals surface area contributed by atoms with Crippen molar-refractivity contribution in [2.75, 3.05) is 6.79 Å². The number of benzene rings is 2. The maximum atomic E-state index is 12.5. The Balaban J connectivity index is 1.31. The fourth-order valence-corrected chi connectivity index (χ4v) is 4.11. The highest BCUT2D eigenvalue weighted by atomic mass is 35.5. The number of fused-ring (bicyclic) bond motifs is 1. The molecule has 0 fully saturated rings. The van der Waals surface area contributed by atoms with Crippen LogP contribution in [0.2, 0.25) is 10.0 Å². The summed E-state index contributed by atoms with van der Waals surface area (Å²) in [5.74, 6) is 2.12. The van der Waals surface area contributed by atoms with Gasteiger partial charge in [-0.15, -0.1) is 0 Å². The molecule has 4 aromatic rings. The molecule has 0 aliphatic carbocycles. The van der Waals surface area contributed by atoms with Gasteiger partial charge in [-0.25, -0.2) is 4.98 Å². The molecule has 1 N–H and O–H groups in total. The lowest BCUT2D eigenvalue weighted by atomic mass is 10.1. The summed E-state index contributed by atoms with van der Waals surface area (Å²) in [5.41, 5.74) is 2.06. The molecule has 1 aliphatic heterocycles. The molecule has 0 bridgehead atoms. The van der Waals surface area contributed by atoms with Gasteiger partial charge in [0, 0.05) is 13.1 Å². The number of carbonyl (C=O) groups excluding carboxylic acids is 1. The van der Waals surface area contributed by atoms with Crippen molar-refractivity contribution in [2.45, 2.75) is 26.2 Å². The van der Waals surface area contributed by atoms with E-state index < -0.39 is 0 Å². The van der Waals surface area contributed by atoms with E-state index in [1.807, 2.05) is 30.3 Å². The second-order valence-corrected chi connectivity index (χ2v) is 8.72. The summed E-state index contributed by atoms with van der Waals surface area (Å²) in [6, 6.07) is 14.9. The monoisotopic (exact) mass is 513 g/mol. The van der Waals surface area contributed by atoms with Crippen LogP contribution in [0.25, 0.3) is 0 Å². The number of aromatic nitrogens is 1. The Morgan fingerprint density at radius 3 is 2.74 bits per heavy atom. The molecule has 35 heavy (non-hydrogen) atoms. The number of furan rings is 1. The van der Waals surface area contributed by atoms with E-state index in [2.05, 4.69) is 15.2 Å². The third kappa shape index (κ3) is 5.62. The van der Waals surface area contributed by atoms with E-state index in [4.69, 9.17) is 41.5 Å². The van der Waals surface area contributed by atoms with Crippen LogP contribution in [0.1, 0.15) is 33.3 Å². The Bertz CT molecular complexity index is 1320. The molecule has 10 heteroatoms. The fraction of sp³-hybridized carbons (Fsp3) is 0.200. The molecule has 0 radical (unpaired) electrons. The average molecular weight is 514 g/mol. The van der Waals surface area contributed by atoms with E-state index in [1.54, 1.807) is 24.5 Å². The number of nitrogens with one attached hydrogen (secondary N) is 1. The summed E-state index contributed by atoms with van der Waals surface area (Å²) in [6.07, 6.45) is 2.90. The second-order valence-electron chi connectivity index (χ2n) is 7.93. The molecule has 0 atom stereocenters. The van der Waals surface area contributed by atoms with Crippen molar-refractivity contribution in [3.63, 3.8) is 0 Å². The van der Waals surface area contributed by atoms with Gasteiger partial charge in [0.25, 0.3) is 5.91 Å². The van der Waals surface area contributed by atoms with Gasteiger partial charge in [-0.05, 0) is 41.5 Å². The van der Waals surface area contributed by atoms with Crippen molar-refractivity contribution in [2.24, 2.45) is 0 Å². The molecule has 8 nitrogen and oxygen atoms in total. The first kappa shape index (κ1) is 23.3. The standard InChI is InChI=1S/C25H21Cl2N3O5/c26-19-5-1-3-17(24(19)27)12-30(11-16-6-7-21-22(9-16)35-15-34-21)13-23-29-20(14-33-23)25(31)28-10-18-4-2-8-32-18/h1-9,14H,10-13,15H2,(H,28,31). The largest absolute Gasteiger partial charge is 0.467 e. The number of ether oxygens (including phenoxy) is 2. The van der Waals surface area contributed by atoms with E-state index in [-0.39, 0.29) is 24.9 Å². The van der Waals surface area contributed by atoms with E-state index in [9.17, 15) is 4.79 Å². The minimum atomic E-state index is -0.350. The first-order valence-corrected chi connectivity index (χ1v) is 11.6. The zero-order chi connectivity index (χ0) is 24.2. The van der Waals surface area contributed by atoms with Crippen molar-refractivity contribution in [3.05, 3.63) is 99.6 Å². The minimum absolute atomic E-state index is 0.190. The highest BCUT2D eigenvalue weighted by Gasteiger charge is 2.19. The summed E-state index contributed by atoms with van der Waals surface area (Å²) in [4.78, 5) is 18.9. The highest BCUT2D eigenvalue weighted by molar-refractivity contribution is 6.42. The molecule has 2 aromatic carbocycles. The van der Waals surface area contributed by atoms with E-state index in [0.29, 0.717) is 47.1 Å².